The highest BCUT2D eigenvalue weighted by atomic mass is 19.4. The molecule has 0 unspecified atom stereocenters. The number of hydrogen-bond donors (Lipinski definition) is 3. The van der Waals surface area contributed by atoms with Crippen LogP contribution in [0.15, 0.2) is 48.5 Å². The summed E-state index contributed by atoms with van der Waals surface area (Å²) in [5.74, 6) is -1.34. The van der Waals surface area contributed by atoms with Crippen molar-refractivity contribution >= 4 is 17.7 Å². The lowest BCUT2D eigenvalue weighted by Crippen LogP contribution is -2.50. The molecule has 2 aromatic carbocycles. The van der Waals surface area contributed by atoms with Gasteiger partial charge in [-0.2, -0.15) is 13.2 Å². The molecule has 2 aliphatic rings. The first-order valence-corrected chi connectivity index (χ1v) is 12.2. The van der Waals surface area contributed by atoms with Crippen LogP contribution in [0.5, 0.6) is 0 Å². The molecule has 0 heterocycles. The number of carbonyl (C=O) groups excluding carboxylic acids is 3. The number of amides is 3. The van der Waals surface area contributed by atoms with Crippen LogP contribution >= 0.6 is 0 Å². The number of primary amides is 2. The summed E-state index contributed by atoms with van der Waals surface area (Å²) in [5.41, 5.74) is 8.11. The van der Waals surface area contributed by atoms with E-state index in [0.29, 0.717) is 43.7 Å². The maximum atomic E-state index is 13.5. The fraction of sp³-hybridized carbons (Fsp3) is 0.444. The molecule has 0 saturated heterocycles. The summed E-state index contributed by atoms with van der Waals surface area (Å²) >= 11 is 0. The fourth-order valence-electron chi connectivity index (χ4n) is 5.24. The van der Waals surface area contributed by atoms with Crippen molar-refractivity contribution in [3.05, 3.63) is 70.8 Å². The van der Waals surface area contributed by atoms with Crippen molar-refractivity contribution in [1.82, 2.24) is 4.90 Å². The number of nitrogens with two attached hydrogens (primary N) is 2. The van der Waals surface area contributed by atoms with E-state index in [4.69, 9.17) is 11.5 Å². The fourth-order valence-corrected chi connectivity index (χ4v) is 5.24. The summed E-state index contributed by atoms with van der Waals surface area (Å²) < 4.78 is 39.5. The second kappa shape index (κ2) is 9.48. The quantitative estimate of drug-likeness (QED) is 0.519. The van der Waals surface area contributed by atoms with Gasteiger partial charge < -0.3 is 21.5 Å². The molecular formula is C27H30F3N3O4. The third-order valence-electron chi connectivity index (χ3n) is 7.82. The molecule has 2 fully saturated rings. The molecule has 7 nitrogen and oxygen atoms in total. The van der Waals surface area contributed by atoms with Crippen LogP contribution in [-0.2, 0) is 15.8 Å². The maximum absolute atomic E-state index is 13.5. The van der Waals surface area contributed by atoms with E-state index in [-0.39, 0.29) is 29.1 Å². The highest BCUT2D eigenvalue weighted by molar-refractivity contribution is 5.95. The summed E-state index contributed by atoms with van der Waals surface area (Å²) in [6.07, 6.45) is -1.34. The lowest BCUT2D eigenvalue weighted by atomic mass is 9.67. The van der Waals surface area contributed by atoms with Crippen LogP contribution in [0, 0.1) is 0 Å². The molecule has 0 aromatic heterocycles. The number of benzene rings is 2. The van der Waals surface area contributed by atoms with E-state index in [1.165, 1.54) is 12.1 Å². The first kappa shape index (κ1) is 26.7. The van der Waals surface area contributed by atoms with Gasteiger partial charge in [0, 0.05) is 23.2 Å². The zero-order chi connectivity index (χ0) is 27.2. The predicted molar refractivity (Wildman–Crippen MR) is 129 cm³/mol. The third-order valence-corrected chi connectivity index (χ3v) is 7.82. The first-order valence-electron chi connectivity index (χ1n) is 12.2. The maximum Gasteiger partial charge on any atom is 0.421 e. The highest BCUT2D eigenvalue weighted by Gasteiger charge is 2.51. The molecule has 2 aromatic rings. The minimum Gasteiger partial charge on any atom is -0.376 e. The van der Waals surface area contributed by atoms with Gasteiger partial charge in [-0.1, -0.05) is 24.3 Å². The lowest BCUT2D eigenvalue weighted by molar-refractivity contribution is -0.258. The van der Waals surface area contributed by atoms with Crippen LogP contribution in [0.25, 0.3) is 0 Å². The largest absolute Gasteiger partial charge is 0.421 e. The normalized spacial score (nSPS) is 23.6. The highest BCUT2D eigenvalue weighted by Crippen LogP contribution is 2.44. The predicted octanol–water partition coefficient (Wildman–Crippen LogP) is 3.53. The van der Waals surface area contributed by atoms with E-state index in [2.05, 4.69) is 0 Å². The molecular weight excluding hydrogens is 487 g/mol. The van der Waals surface area contributed by atoms with E-state index in [9.17, 15) is 32.7 Å². The Labute approximate surface area is 212 Å². The van der Waals surface area contributed by atoms with Crippen LogP contribution in [0.2, 0.25) is 0 Å². The second-order valence-corrected chi connectivity index (χ2v) is 10.2. The van der Waals surface area contributed by atoms with E-state index in [1.54, 1.807) is 29.2 Å². The number of rotatable bonds is 7. The van der Waals surface area contributed by atoms with E-state index in [0.717, 1.165) is 25.0 Å². The number of alkyl halides is 3. The van der Waals surface area contributed by atoms with Crippen molar-refractivity contribution in [2.45, 2.75) is 74.7 Å². The van der Waals surface area contributed by atoms with Crippen LogP contribution in [0.3, 0.4) is 0 Å². The van der Waals surface area contributed by atoms with Crippen molar-refractivity contribution in [3.8, 4) is 0 Å². The zero-order valence-corrected chi connectivity index (χ0v) is 20.4. The first-order chi connectivity index (χ1) is 17.3. The Morgan fingerprint density at radius 3 is 1.78 bits per heavy atom. The number of carbonyl (C=O) groups is 3. The van der Waals surface area contributed by atoms with Gasteiger partial charge in [0.1, 0.15) is 0 Å². The smallest absolute Gasteiger partial charge is 0.376 e. The van der Waals surface area contributed by atoms with Crippen molar-refractivity contribution < 1.29 is 32.7 Å². The van der Waals surface area contributed by atoms with Crippen molar-refractivity contribution in [2.75, 3.05) is 0 Å². The van der Waals surface area contributed by atoms with Gasteiger partial charge in [0.05, 0.1) is 5.41 Å². The number of nitrogens with zero attached hydrogens (tertiary/aromatic N) is 1. The third kappa shape index (κ3) is 4.94. The summed E-state index contributed by atoms with van der Waals surface area (Å²) in [4.78, 5) is 39.3. The van der Waals surface area contributed by atoms with Crippen LogP contribution < -0.4 is 11.5 Å². The molecule has 0 bridgehead atoms. The molecule has 2 saturated carbocycles. The molecule has 198 valence electrons. The van der Waals surface area contributed by atoms with E-state index < -0.39 is 29.0 Å². The molecule has 4 rings (SSSR count). The van der Waals surface area contributed by atoms with Gasteiger partial charge in [-0.15, -0.1) is 0 Å². The monoisotopic (exact) mass is 517 g/mol. The Morgan fingerprint density at radius 2 is 1.35 bits per heavy atom. The van der Waals surface area contributed by atoms with Gasteiger partial charge in [-0.05, 0) is 80.8 Å². The second-order valence-electron chi connectivity index (χ2n) is 10.2. The number of hydrogen-bond acceptors (Lipinski definition) is 4. The molecule has 5 N–H and O–H groups in total. The molecule has 0 spiro atoms. The van der Waals surface area contributed by atoms with Crippen LogP contribution in [0.1, 0.15) is 77.3 Å². The summed E-state index contributed by atoms with van der Waals surface area (Å²) in [5, 5.41) is 9.91. The van der Waals surface area contributed by atoms with E-state index in [1.807, 2.05) is 0 Å². The minimum atomic E-state index is -4.85. The molecule has 1 atom stereocenters. The van der Waals surface area contributed by atoms with Gasteiger partial charge in [0.2, 0.25) is 11.8 Å². The Hall–Kier alpha value is -3.40. The van der Waals surface area contributed by atoms with Gasteiger partial charge >= 0.3 is 6.18 Å². The topological polar surface area (TPSA) is 127 Å². The van der Waals surface area contributed by atoms with Crippen molar-refractivity contribution in [3.63, 3.8) is 0 Å². The average Bonchev–Trinajstić information content (AvgIpc) is 3.69. The minimum absolute atomic E-state index is 0.0337. The summed E-state index contributed by atoms with van der Waals surface area (Å²) in [6, 6.07) is 11.2. The number of aliphatic hydroxyl groups is 1. The Morgan fingerprint density at radius 1 is 0.865 bits per heavy atom. The van der Waals surface area contributed by atoms with Gasteiger partial charge in [-0.3, -0.25) is 14.4 Å². The molecule has 2 aliphatic carbocycles. The SMILES string of the molecule is C[C@](O)(c1ccc(C(=O)N(C2CC2)[C@H]2CC[C@](C(N)=O)(c3ccc(C(N)=O)cc3)CC2)cc1)C(F)(F)F. The standard InChI is InChI=1S/C27H30F3N3O4/c1-25(37,27(28,29)30)18-6-4-17(5-7-18)23(35)33(20-10-11-20)21-12-14-26(15-13-21,24(32)36)19-8-2-16(3-9-19)22(31)34/h2-9,20-21,37H,10-15H2,1H3,(H2,31,34)(H2,32,36)/t21-,25-,26+/m0/s1. The lowest BCUT2D eigenvalue weighted by Gasteiger charge is -2.42. The summed E-state index contributed by atoms with van der Waals surface area (Å²) in [6.45, 7) is 0.675. The zero-order valence-electron chi connectivity index (χ0n) is 20.4. The van der Waals surface area contributed by atoms with Crippen molar-refractivity contribution in [1.29, 1.82) is 0 Å². The Balaban J connectivity index is 1.53. The van der Waals surface area contributed by atoms with Crippen LogP contribution in [0.4, 0.5) is 13.2 Å². The molecule has 0 aliphatic heterocycles. The molecule has 0 radical (unpaired) electrons. The molecule has 37 heavy (non-hydrogen) atoms. The summed E-state index contributed by atoms with van der Waals surface area (Å²) in [7, 11) is 0. The van der Waals surface area contributed by atoms with E-state index >= 15 is 0 Å². The van der Waals surface area contributed by atoms with Gasteiger partial charge in [-0.25, -0.2) is 0 Å². The molecule has 10 heteroatoms. The van der Waals surface area contributed by atoms with Gasteiger partial charge in [0.25, 0.3) is 5.91 Å². The number of halogens is 3. The van der Waals surface area contributed by atoms with Crippen LogP contribution in [-0.4, -0.2) is 46.0 Å². The van der Waals surface area contributed by atoms with Gasteiger partial charge in [0.15, 0.2) is 5.60 Å². The molecule has 3 amide bonds. The Kier molecular flexibility index (Phi) is 6.83. The Bertz CT molecular complexity index is 1180. The average molecular weight is 518 g/mol. The van der Waals surface area contributed by atoms with Crippen molar-refractivity contribution in [2.24, 2.45) is 11.5 Å².